The third kappa shape index (κ3) is 3.05. The molecule has 116 valence electrons. The van der Waals surface area contributed by atoms with Gasteiger partial charge in [-0.25, -0.2) is 0 Å². The van der Waals surface area contributed by atoms with Crippen molar-refractivity contribution in [3.63, 3.8) is 0 Å². The van der Waals surface area contributed by atoms with Crippen LogP contribution in [-0.4, -0.2) is 42.8 Å². The molecule has 3 heteroatoms. The van der Waals surface area contributed by atoms with Crippen molar-refractivity contribution in [1.82, 2.24) is 4.90 Å². The number of piperidine rings is 1. The molecule has 1 unspecified atom stereocenters. The van der Waals surface area contributed by atoms with E-state index in [4.69, 9.17) is 10.5 Å². The Balaban J connectivity index is 1.65. The van der Waals surface area contributed by atoms with E-state index in [1.54, 1.807) is 0 Å². The van der Waals surface area contributed by atoms with Crippen LogP contribution in [0.25, 0.3) is 0 Å². The summed E-state index contributed by atoms with van der Waals surface area (Å²) in [4.78, 5) is 2.79. The number of nitrogens with two attached hydrogens (primary N) is 1. The quantitative estimate of drug-likeness (QED) is 0.860. The van der Waals surface area contributed by atoms with Gasteiger partial charge in [-0.2, -0.15) is 0 Å². The fourth-order valence-corrected chi connectivity index (χ4v) is 4.81. The van der Waals surface area contributed by atoms with Crippen LogP contribution in [0.4, 0.5) is 0 Å². The van der Waals surface area contributed by atoms with E-state index in [0.717, 1.165) is 19.1 Å². The zero-order valence-corrected chi connectivity index (χ0v) is 13.0. The highest BCUT2D eigenvalue weighted by Gasteiger charge is 2.45. The van der Waals surface area contributed by atoms with Crippen LogP contribution in [0.2, 0.25) is 0 Å². The van der Waals surface area contributed by atoms with Crippen molar-refractivity contribution in [3.8, 4) is 0 Å². The van der Waals surface area contributed by atoms with E-state index in [2.05, 4.69) is 4.90 Å². The van der Waals surface area contributed by atoms with E-state index >= 15 is 0 Å². The van der Waals surface area contributed by atoms with Crippen molar-refractivity contribution in [2.45, 2.75) is 75.8 Å². The lowest BCUT2D eigenvalue weighted by Crippen LogP contribution is -2.60. The molecular formula is C17H32N2O. The van der Waals surface area contributed by atoms with Gasteiger partial charge in [0.1, 0.15) is 0 Å². The van der Waals surface area contributed by atoms with Crippen LogP contribution in [0, 0.1) is 5.92 Å². The smallest absolute Gasteiger partial charge is 0.0468 e. The molecule has 2 aliphatic heterocycles. The van der Waals surface area contributed by atoms with Gasteiger partial charge in [0.2, 0.25) is 0 Å². The Morgan fingerprint density at radius 2 is 1.65 bits per heavy atom. The molecule has 0 radical (unpaired) electrons. The number of hydrogen-bond acceptors (Lipinski definition) is 3. The standard InChI is InChI=1S/C17H32N2O/c18-16(14-15-6-12-20-13-7-15)17(8-2-3-9-17)19-10-4-1-5-11-19/h15-16H,1-14,18H2. The Labute approximate surface area is 124 Å². The minimum absolute atomic E-state index is 0.346. The maximum atomic E-state index is 6.79. The lowest BCUT2D eigenvalue weighted by Gasteiger charge is -2.48. The lowest BCUT2D eigenvalue weighted by molar-refractivity contribution is 0.0235. The number of ether oxygens (including phenoxy) is 1. The summed E-state index contributed by atoms with van der Waals surface area (Å²) in [5.41, 5.74) is 7.14. The lowest BCUT2D eigenvalue weighted by atomic mass is 9.79. The van der Waals surface area contributed by atoms with Gasteiger partial charge in [0.15, 0.2) is 0 Å². The first-order valence-corrected chi connectivity index (χ1v) is 8.90. The zero-order chi connectivity index (χ0) is 13.8. The Morgan fingerprint density at radius 3 is 2.30 bits per heavy atom. The summed E-state index contributed by atoms with van der Waals surface area (Å²) in [5, 5.41) is 0. The van der Waals surface area contributed by atoms with Crippen molar-refractivity contribution in [1.29, 1.82) is 0 Å². The van der Waals surface area contributed by atoms with Crippen molar-refractivity contribution < 1.29 is 4.74 Å². The molecule has 2 N–H and O–H groups in total. The van der Waals surface area contributed by atoms with Gasteiger partial charge in [0, 0.05) is 24.8 Å². The fraction of sp³-hybridized carbons (Fsp3) is 1.00. The first-order chi connectivity index (χ1) is 9.81. The highest BCUT2D eigenvalue weighted by Crippen LogP contribution is 2.41. The predicted molar refractivity (Wildman–Crippen MR) is 82.8 cm³/mol. The zero-order valence-electron chi connectivity index (χ0n) is 13.0. The molecule has 0 aromatic heterocycles. The van der Waals surface area contributed by atoms with Gasteiger partial charge in [-0.05, 0) is 64.0 Å². The summed E-state index contributed by atoms with van der Waals surface area (Å²) in [7, 11) is 0. The second-order valence-electron chi connectivity index (χ2n) is 7.26. The van der Waals surface area contributed by atoms with Gasteiger partial charge in [-0.15, -0.1) is 0 Å². The molecule has 3 nitrogen and oxygen atoms in total. The molecule has 0 bridgehead atoms. The summed E-state index contributed by atoms with van der Waals surface area (Å²) in [6, 6.07) is 0.381. The summed E-state index contributed by atoms with van der Waals surface area (Å²) in [6.45, 7) is 4.49. The Kier molecular flexibility index (Phi) is 5.00. The highest BCUT2D eigenvalue weighted by atomic mass is 16.5. The Bertz CT molecular complexity index is 289. The summed E-state index contributed by atoms with van der Waals surface area (Å²) in [5.74, 6) is 0.806. The molecule has 0 aromatic rings. The third-order valence-corrected chi connectivity index (χ3v) is 6.07. The van der Waals surface area contributed by atoms with Gasteiger partial charge in [0.25, 0.3) is 0 Å². The second-order valence-corrected chi connectivity index (χ2v) is 7.26. The number of nitrogens with zero attached hydrogens (tertiary/aromatic N) is 1. The average Bonchev–Trinajstić information content (AvgIpc) is 3.00. The van der Waals surface area contributed by atoms with Gasteiger partial charge in [0.05, 0.1) is 0 Å². The van der Waals surface area contributed by atoms with Crippen LogP contribution in [-0.2, 0) is 4.74 Å². The topological polar surface area (TPSA) is 38.5 Å². The molecule has 0 amide bonds. The average molecular weight is 280 g/mol. The van der Waals surface area contributed by atoms with Gasteiger partial charge >= 0.3 is 0 Å². The van der Waals surface area contributed by atoms with Crippen LogP contribution < -0.4 is 5.73 Å². The molecule has 0 aromatic carbocycles. The van der Waals surface area contributed by atoms with E-state index in [1.165, 1.54) is 77.3 Å². The molecule has 1 aliphatic carbocycles. The van der Waals surface area contributed by atoms with E-state index in [1.807, 2.05) is 0 Å². The number of hydrogen-bond donors (Lipinski definition) is 1. The molecule has 3 aliphatic rings. The predicted octanol–water partition coefficient (Wildman–Crippen LogP) is 2.93. The molecule has 2 saturated heterocycles. The molecule has 0 spiro atoms. The summed E-state index contributed by atoms with van der Waals surface area (Å²) >= 11 is 0. The third-order valence-electron chi connectivity index (χ3n) is 6.07. The van der Waals surface area contributed by atoms with Gasteiger partial charge in [-0.1, -0.05) is 19.3 Å². The van der Waals surface area contributed by atoms with Crippen molar-refractivity contribution >= 4 is 0 Å². The van der Waals surface area contributed by atoms with E-state index in [0.29, 0.717) is 11.6 Å². The van der Waals surface area contributed by atoms with Crippen molar-refractivity contribution in [2.24, 2.45) is 11.7 Å². The highest BCUT2D eigenvalue weighted by molar-refractivity contribution is 5.03. The maximum absolute atomic E-state index is 6.79. The minimum atomic E-state index is 0.346. The summed E-state index contributed by atoms with van der Waals surface area (Å²) < 4.78 is 5.50. The molecule has 3 rings (SSSR count). The van der Waals surface area contributed by atoms with Gasteiger partial charge in [-0.3, -0.25) is 4.90 Å². The number of likely N-dealkylation sites (tertiary alicyclic amines) is 1. The van der Waals surface area contributed by atoms with Crippen LogP contribution in [0.1, 0.15) is 64.2 Å². The number of rotatable bonds is 4. The molecular weight excluding hydrogens is 248 g/mol. The monoisotopic (exact) mass is 280 g/mol. The van der Waals surface area contributed by atoms with Crippen LogP contribution >= 0.6 is 0 Å². The first-order valence-electron chi connectivity index (χ1n) is 8.90. The van der Waals surface area contributed by atoms with Crippen LogP contribution in [0.5, 0.6) is 0 Å². The van der Waals surface area contributed by atoms with E-state index in [-0.39, 0.29) is 0 Å². The fourth-order valence-electron chi connectivity index (χ4n) is 4.81. The molecule has 1 saturated carbocycles. The first kappa shape index (κ1) is 14.8. The minimum Gasteiger partial charge on any atom is -0.381 e. The molecule has 2 heterocycles. The SMILES string of the molecule is NC(CC1CCOCC1)C1(N2CCCCC2)CCCC1. The molecule has 1 atom stereocenters. The Morgan fingerprint density at radius 1 is 1.00 bits per heavy atom. The second kappa shape index (κ2) is 6.76. The molecule has 20 heavy (non-hydrogen) atoms. The van der Waals surface area contributed by atoms with E-state index < -0.39 is 0 Å². The largest absolute Gasteiger partial charge is 0.381 e. The Hall–Kier alpha value is -0.120. The van der Waals surface area contributed by atoms with Crippen LogP contribution in [0.3, 0.4) is 0 Å². The van der Waals surface area contributed by atoms with Crippen molar-refractivity contribution in [2.75, 3.05) is 26.3 Å². The van der Waals surface area contributed by atoms with Gasteiger partial charge < -0.3 is 10.5 Å². The normalized spacial score (nSPS) is 30.4. The summed E-state index contributed by atoms with van der Waals surface area (Å²) in [6.07, 6.45) is 13.3. The molecule has 3 fully saturated rings. The van der Waals surface area contributed by atoms with Crippen molar-refractivity contribution in [3.05, 3.63) is 0 Å². The van der Waals surface area contributed by atoms with Crippen LogP contribution in [0.15, 0.2) is 0 Å². The van der Waals surface area contributed by atoms with E-state index in [9.17, 15) is 0 Å². The maximum Gasteiger partial charge on any atom is 0.0468 e.